The topological polar surface area (TPSA) is 162 Å². The number of carbonyl (C=O) groups excluding carboxylic acids is 2. The minimum atomic E-state index is -4.04. The number of halogens is 1. The van der Waals surface area contributed by atoms with Crippen LogP contribution in [0.3, 0.4) is 0 Å². The maximum Gasteiger partial charge on any atom is 0.405 e. The van der Waals surface area contributed by atoms with E-state index in [9.17, 15) is 22.4 Å². The number of aromatic nitrogens is 1. The fraction of sp³-hybridized carbons (Fsp3) is 0.469. The average molecular weight is 674 g/mol. The lowest BCUT2D eigenvalue weighted by atomic mass is 9.71. The number of thiazole rings is 1. The van der Waals surface area contributed by atoms with Gasteiger partial charge in [-0.2, -0.15) is 0 Å². The molecule has 11 nitrogen and oxygen atoms in total. The van der Waals surface area contributed by atoms with Gasteiger partial charge >= 0.3 is 12.1 Å². The third-order valence-corrected chi connectivity index (χ3v) is 11.3. The molecule has 1 saturated carbocycles. The summed E-state index contributed by atoms with van der Waals surface area (Å²) in [6.45, 7) is 7.97. The number of rotatable bonds is 9. The number of nitrogens with zero attached hydrogens (tertiary/aromatic N) is 1. The van der Waals surface area contributed by atoms with Crippen LogP contribution in [0.5, 0.6) is 0 Å². The number of hydrogen-bond acceptors (Lipinski definition) is 8. The summed E-state index contributed by atoms with van der Waals surface area (Å²) in [4.78, 5) is 29.8. The minimum Gasteiger partial charge on any atom is -0.443 e. The summed E-state index contributed by atoms with van der Waals surface area (Å²) in [6.07, 6.45) is 3.62. The molecule has 2 fully saturated rings. The molecular formula is C32H40FN5O6S2. The molecule has 46 heavy (non-hydrogen) atoms. The molecule has 2 aliphatic rings. The van der Waals surface area contributed by atoms with Gasteiger partial charge in [0.05, 0.1) is 34.0 Å². The molecule has 1 aliphatic carbocycles. The van der Waals surface area contributed by atoms with Crippen molar-refractivity contribution >= 4 is 39.2 Å². The third kappa shape index (κ3) is 7.68. The third-order valence-electron chi connectivity index (χ3n) is 8.35. The molecule has 0 unspecified atom stereocenters. The molecule has 0 radical (unpaired) electrons. The summed E-state index contributed by atoms with van der Waals surface area (Å²) in [5.74, 6) is -0.212. The maximum absolute atomic E-state index is 14.2. The highest BCUT2D eigenvalue weighted by Crippen LogP contribution is 2.47. The molecule has 1 saturated heterocycles. The van der Waals surface area contributed by atoms with Gasteiger partial charge in [0.15, 0.2) is 0 Å². The Morgan fingerprint density at radius 2 is 1.85 bits per heavy atom. The van der Waals surface area contributed by atoms with E-state index in [0.717, 1.165) is 17.8 Å². The highest BCUT2D eigenvalue weighted by molar-refractivity contribution is 7.89. The average Bonchev–Trinajstić information content (AvgIpc) is 3.41. The fourth-order valence-corrected chi connectivity index (χ4v) is 8.90. The highest BCUT2D eigenvalue weighted by Gasteiger charge is 2.48. The largest absolute Gasteiger partial charge is 0.443 e. The Bertz CT molecular complexity index is 1690. The van der Waals surface area contributed by atoms with E-state index in [1.165, 1.54) is 23.5 Å². The standard InChI is InChI=1S/C32H40FN5O6S2/c1-19(23-7-5-6-8-25(23)33)36-30(40)37-22-9-10-24(27(15-22)46(41,42)38-31(2,3)4)26-16-35-28(45-26)20-11-13-32(14-12-20,44-29(34)39)21-17-43-18-21/h5-10,15-16,19-21,38H,11-14,17-18H2,1-4H3,(H2,34,39)(H2,36,37,40)/t19-,20?,32?/m1/s1. The first-order chi connectivity index (χ1) is 21.7. The molecule has 0 bridgehead atoms. The van der Waals surface area contributed by atoms with Crippen molar-refractivity contribution in [1.29, 1.82) is 0 Å². The Labute approximate surface area is 272 Å². The van der Waals surface area contributed by atoms with Crippen molar-refractivity contribution in [2.24, 2.45) is 11.7 Å². The van der Waals surface area contributed by atoms with Gasteiger partial charge in [0.2, 0.25) is 10.0 Å². The summed E-state index contributed by atoms with van der Waals surface area (Å²) >= 11 is 1.41. The van der Waals surface area contributed by atoms with E-state index >= 15 is 0 Å². The van der Waals surface area contributed by atoms with Crippen molar-refractivity contribution in [2.75, 3.05) is 18.5 Å². The number of amides is 3. The lowest BCUT2D eigenvalue weighted by molar-refractivity contribution is -0.160. The van der Waals surface area contributed by atoms with Gasteiger partial charge in [0, 0.05) is 40.4 Å². The van der Waals surface area contributed by atoms with Gasteiger partial charge in [-0.1, -0.05) is 24.3 Å². The molecular weight excluding hydrogens is 634 g/mol. The van der Waals surface area contributed by atoms with Crippen LogP contribution in [-0.4, -0.2) is 49.9 Å². The molecule has 3 amide bonds. The SMILES string of the molecule is C[C@@H](NC(=O)Nc1ccc(-c2cnc(C3CCC(OC(N)=O)(C4COC4)CC3)s2)c(S(=O)(=O)NC(C)(C)C)c1)c1ccccc1F. The van der Waals surface area contributed by atoms with Gasteiger partial charge in [-0.25, -0.2) is 32.1 Å². The van der Waals surface area contributed by atoms with Crippen molar-refractivity contribution in [3.05, 3.63) is 65.0 Å². The number of carbonyl (C=O) groups is 2. The second-order valence-corrected chi connectivity index (χ2v) is 15.7. The number of nitrogens with one attached hydrogen (secondary N) is 3. The molecule has 248 valence electrons. The molecule has 5 rings (SSSR count). The minimum absolute atomic E-state index is 0.0138. The smallest absolute Gasteiger partial charge is 0.405 e. The van der Waals surface area contributed by atoms with Crippen LogP contribution in [0.25, 0.3) is 10.4 Å². The summed E-state index contributed by atoms with van der Waals surface area (Å²) < 4.78 is 55.3. The molecule has 3 aromatic rings. The number of nitrogens with two attached hydrogens (primary N) is 1. The molecule has 1 atom stereocenters. The zero-order valence-electron chi connectivity index (χ0n) is 26.3. The van der Waals surface area contributed by atoms with Crippen LogP contribution < -0.4 is 21.1 Å². The monoisotopic (exact) mass is 673 g/mol. The normalized spacial score (nSPS) is 21.2. The number of benzene rings is 2. The summed E-state index contributed by atoms with van der Waals surface area (Å²) in [5, 5.41) is 6.24. The van der Waals surface area contributed by atoms with Crippen LogP contribution in [0.15, 0.2) is 53.6 Å². The van der Waals surface area contributed by atoms with Crippen LogP contribution in [-0.2, 0) is 19.5 Å². The summed E-state index contributed by atoms with van der Waals surface area (Å²) in [7, 11) is -4.04. The zero-order valence-corrected chi connectivity index (χ0v) is 27.9. The molecule has 1 aliphatic heterocycles. The van der Waals surface area contributed by atoms with E-state index in [2.05, 4.69) is 20.3 Å². The van der Waals surface area contributed by atoms with E-state index in [1.807, 2.05) is 0 Å². The van der Waals surface area contributed by atoms with E-state index in [0.29, 0.717) is 42.1 Å². The van der Waals surface area contributed by atoms with Crippen LogP contribution in [0.2, 0.25) is 0 Å². The number of anilines is 1. The predicted molar refractivity (Wildman–Crippen MR) is 174 cm³/mol. The lowest BCUT2D eigenvalue weighted by Crippen LogP contribution is -2.53. The number of primary amides is 1. The van der Waals surface area contributed by atoms with Crippen LogP contribution in [0, 0.1) is 11.7 Å². The number of urea groups is 1. The molecule has 1 aromatic heterocycles. The molecule has 2 aromatic carbocycles. The molecule has 14 heteroatoms. The van der Waals surface area contributed by atoms with E-state index < -0.39 is 45.1 Å². The van der Waals surface area contributed by atoms with Crippen molar-refractivity contribution in [3.63, 3.8) is 0 Å². The fourth-order valence-electron chi connectivity index (χ4n) is 6.04. The number of ether oxygens (including phenoxy) is 2. The van der Waals surface area contributed by atoms with E-state index in [1.54, 1.807) is 64.2 Å². The van der Waals surface area contributed by atoms with Gasteiger partial charge in [0.25, 0.3) is 0 Å². The Morgan fingerprint density at radius 1 is 1.15 bits per heavy atom. The van der Waals surface area contributed by atoms with E-state index in [4.69, 9.17) is 15.2 Å². The first-order valence-corrected chi connectivity index (χ1v) is 17.5. The summed E-state index contributed by atoms with van der Waals surface area (Å²) in [6, 6.07) is 9.59. The van der Waals surface area contributed by atoms with Crippen LogP contribution in [0.1, 0.15) is 75.9 Å². The molecule has 0 spiro atoms. The Morgan fingerprint density at radius 3 is 2.46 bits per heavy atom. The van der Waals surface area contributed by atoms with Gasteiger partial charge in [0.1, 0.15) is 11.4 Å². The number of sulfonamides is 1. The number of hydrogen-bond donors (Lipinski definition) is 4. The van der Waals surface area contributed by atoms with Gasteiger partial charge in [-0.3, -0.25) is 0 Å². The molecule has 2 heterocycles. The van der Waals surface area contributed by atoms with Gasteiger partial charge in [-0.05, 0) is 71.6 Å². The first-order valence-electron chi connectivity index (χ1n) is 15.2. The maximum atomic E-state index is 14.2. The highest BCUT2D eigenvalue weighted by atomic mass is 32.2. The van der Waals surface area contributed by atoms with Crippen LogP contribution >= 0.6 is 11.3 Å². The Balaban J connectivity index is 1.37. The zero-order chi connectivity index (χ0) is 33.3. The van der Waals surface area contributed by atoms with Gasteiger partial charge < -0.3 is 25.8 Å². The van der Waals surface area contributed by atoms with Crippen molar-refractivity contribution in [1.82, 2.24) is 15.0 Å². The predicted octanol–water partition coefficient (Wildman–Crippen LogP) is 6.05. The first kappa shape index (κ1) is 33.8. The Hall–Kier alpha value is -3.59. The van der Waals surface area contributed by atoms with E-state index in [-0.39, 0.29) is 22.4 Å². The second-order valence-electron chi connectivity index (χ2n) is 13.0. The molecule has 5 N–H and O–H groups in total. The quantitative estimate of drug-likeness (QED) is 0.215. The van der Waals surface area contributed by atoms with Gasteiger partial charge in [-0.15, -0.1) is 11.3 Å². The second kappa shape index (κ2) is 13.3. The van der Waals surface area contributed by atoms with Crippen LogP contribution in [0.4, 0.5) is 19.7 Å². The summed E-state index contributed by atoms with van der Waals surface area (Å²) in [5.41, 5.74) is 5.03. The Kier molecular flexibility index (Phi) is 9.73. The lowest BCUT2D eigenvalue weighted by Gasteiger charge is -2.47. The van der Waals surface area contributed by atoms with Crippen molar-refractivity contribution in [3.8, 4) is 10.4 Å². The van der Waals surface area contributed by atoms with Crippen molar-refractivity contribution < 1.29 is 31.9 Å². The van der Waals surface area contributed by atoms with Crippen molar-refractivity contribution in [2.45, 2.75) is 81.4 Å².